The van der Waals surface area contributed by atoms with E-state index in [4.69, 9.17) is 4.42 Å². The van der Waals surface area contributed by atoms with Crippen molar-refractivity contribution in [1.82, 2.24) is 9.80 Å². The molecule has 1 aromatic rings. The van der Waals surface area contributed by atoms with Gasteiger partial charge in [-0.25, -0.2) is 0 Å². The molecule has 3 heterocycles. The normalized spacial score (nSPS) is 25.5. The van der Waals surface area contributed by atoms with Crippen LogP contribution in [-0.2, 0) is 4.79 Å². The summed E-state index contributed by atoms with van der Waals surface area (Å²) in [4.78, 5) is 28.7. The molecule has 0 radical (unpaired) electrons. The van der Waals surface area contributed by atoms with Crippen molar-refractivity contribution in [2.24, 2.45) is 0 Å². The molecule has 2 aliphatic rings. The summed E-state index contributed by atoms with van der Waals surface area (Å²) in [6, 6.07) is 3.51. The molecule has 3 rings (SSSR count). The first-order valence-corrected chi connectivity index (χ1v) is 8.77. The van der Waals surface area contributed by atoms with Crippen LogP contribution >= 0.6 is 11.8 Å². The number of thioether (sulfide) groups is 1. The molecule has 0 saturated carbocycles. The number of piperazine rings is 1. The zero-order valence-electron chi connectivity index (χ0n) is 13.1. The second-order valence-corrected chi connectivity index (χ2v) is 7.78. The van der Waals surface area contributed by atoms with Gasteiger partial charge in [-0.15, -0.1) is 11.8 Å². The quantitative estimate of drug-likeness (QED) is 0.837. The van der Waals surface area contributed by atoms with Gasteiger partial charge in [0.25, 0.3) is 5.91 Å². The number of carbonyl (C=O) groups excluding carboxylic acids is 2. The molecule has 0 N–H and O–H groups in total. The number of nitrogens with zero attached hydrogens (tertiary/aromatic N) is 2. The number of carbonyl (C=O) groups is 2. The molecule has 6 heteroatoms. The molecule has 5 nitrogen and oxygen atoms in total. The van der Waals surface area contributed by atoms with Crippen LogP contribution in [0.3, 0.4) is 0 Å². The van der Waals surface area contributed by atoms with Crippen molar-refractivity contribution in [2.45, 2.75) is 31.4 Å². The van der Waals surface area contributed by atoms with Gasteiger partial charge in [0.05, 0.1) is 4.75 Å². The summed E-state index contributed by atoms with van der Waals surface area (Å²) in [7, 11) is 0. The fraction of sp³-hybridized carbons (Fsp3) is 0.625. The Morgan fingerprint density at radius 3 is 2.41 bits per heavy atom. The Morgan fingerprint density at radius 2 is 1.86 bits per heavy atom. The molecule has 1 atom stereocenters. The molecule has 1 aromatic heterocycles. The van der Waals surface area contributed by atoms with E-state index < -0.39 is 0 Å². The Morgan fingerprint density at radius 1 is 1.18 bits per heavy atom. The smallest absolute Gasteiger partial charge is 0.289 e. The van der Waals surface area contributed by atoms with Crippen LogP contribution in [0.1, 0.15) is 36.1 Å². The molecule has 2 saturated heterocycles. The third-order valence-electron chi connectivity index (χ3n) is 4.48. The molecule has 0 aliphatic carbocycles. The number of amides is 2. The van der Waals surface area contributed by atoms with E-state index in [0.717, 1.165) is 24.4 Å². The second kappa shape index (κ2) is 5.99. The Labute approximate surface area is 135 Å². The van der Waals surface area contributed by atoms with Gasteiger partial charge in [-0.3, -0.25) is 9.59 Å². The van der Waals surface area contributed by atoms with Crippen LogP contribution in [0, 0.1) is 6.92 Å². The van der Waals surface area contributed by atoms with Crippen molar-refractivity contribution in [2.75, 3.05) is 31.9 Å². The van der Waals surface area contributed by atoms with E-state index in [9.17, 15) is 9.59 Å². The monoisotopic (exact) mass is 322 g/mol. The maximum atomic E-state index is 12.7. The molecule has 22 heavy (non-hydrogen) atoms. The predicted molar refractivity (Wildman–Crippen MR) is 86.0 cm³/mol. The van der Waals surface area contributed by atoms with Crippen molar-refractivity contribution >= 4 is 23.6 Å². The van der Waals surface area contributed by atoms with Gasteiger partial charge in [0.2, 0.25) is 5.91 Å². The highest BCUT2D eigenvalue weighted by Crippen LogP contribution is 2.39. The van der Waals surface area contributed by atoms with E-state index in [1.54, 1.807) is 28.8 Å². The van der Waals surface area contributed by atoms with Gasteiger partial charge in [-0.05, 0) is 44.6 Å². The summed E-state index contributed by atoms with van der Waals surface area (Å²) in [5.41, 5.74) is 0. The Kier molecular flexibility index (Phi) is 4.21. The van der Waals surface area contributed by atoms with Crippen LogP contribution in [0.15, 0.2) is 16.5 Å². The zero-order valence-corrected chi connectivity index (χ0v) is 13.9. The number of rotatable bonds is 2. The largest absolute Gasteiger partial charge is 0.456 e. The van der Waals surface area contributed by atoms with Crippen LogP contribution in [0.2, 0.25) is 0 Å². The van der Waals surface area contributed by atoms with Crippen molar-refractivity contribution in [1.29, 1.82) is 0 Å². The van der Waals surface area contributed by atoms with E-state index in [1.165, 1.54) is 0 Å². The van der Waals surface area contributed by atoms with Crippen LogP contribution in [-0.4, -0.2) is 58.3 Å². The van der Waals surface area contributed by atoms with Crippen LogP contribution in [0.5, 0.6) is 0 Å². The minimum atomic E-state index is -0.260. The van der Waals surface area contributed by atoms with Gasteiger partial charge in [0, 0.05) is 26.2 Å². The Hall–Kier alpha value is -1.43. The standard InChI is InChI=1S/C16H22N2O3S/c1-12-4-5-13(21-12)14(19)17-7-9-18(10-8-17)15(20)16(2)6-3-11-22-16/h4-5H,3,6-11H2,1-2H3/t16-/m0/s1. The number of furan rings is 1. The Bertz CT molecular complexity index is 570. The average molecular weight is 322 g/mol. The van der Waals surface area contributed by atoms with Crippen LogP contribution < -0.4 is 0 Å². The van der Waals surface area contributed by atoms with Gasteiger partial charge in [0.1, 0.15) is 5.76 Å². The summed E-state index contributed by atoms with van der Waals surface area (Å²) in [6.45, 7) is 6.25. The lowest BCUT2D eigenvalue weighted by Gasteiger charge is -2.38. The zero-order chi connectivity index (χ0) is 15.7. The maximum Gasteiger partial charge on any atom is 0.289 e. The van der Waals surface area contributed by atoms with E-state index in [1.807, 2.05) is 11.8 Å². The van der Waals surface area contributed by atoms with Gasteiger partial charge >= 0.3 is 0 Å². The molecule has 0 bridgehead atoms. The molecule has 0 unspecified atom stereocenters. The predicted octanol–water partition coefficient (Wildman–Crippen LogP) is 2.16. The molecular weight excluding hydrogens is 300 g/mol. The SMILES string of the molecule is Cc1ccc(C(=O)N2CCN(C(=O)[C@]3(C)CCCS3)CC2)o1. The molecule has 2 amide bonds. The lowest BCUT2D eigenvalue weighted by molar-refractivity contribution is -0.134. The summed E-state index contributed by atoms with van der Waals surface area (Å²) >= 11 is 1.77. The summed E-state index contributed by atoms with van der Waals surface area (Å²) in [5, 5.41) is 0. The lowest BCUT2D eigenvalue weighted by Crippen LogP contribution is -2.54. The highest BCUT2D eigenvalue weighted by molar-refractivity contribution is 8.01. The molecule has 2 fully saturated rings. The minimum Gasteiger partial charge on any atom is -0.456 e. The van der Waals surface area contributed by atoms with E-state index in [0.29, 0.717) is 31.9 Å². The first-order chi connectivity index (χ1) is 10.5. The number of hydrogen-bond donors (Lipinski definition) is 0. The summed E-state index contributed by atoms with van der Waals surface area (Å²) in [5.74, 6) is 2.34. The van der Waals surface area contributed by atoms with Crippen molar-refractivity contribution < 1.29 is 14.0 Å². The second-order valence-electron chi connectivity index (χ2n) is 6.18. The van der Waals surface area contributed by atoms with Gasteiger partial charge in [0.15, 0.2) is 5.76 Å². The summed E-state index contributed by atoms with van der Waals surface area (Å²) in [6.07, 6.45) is 2.07. The molecule has 2 aliphatic heterocycles. The first kappa shape index (κ1) is 15.5. The van der Waals surface area contributed by atoms with Gasteiger partial charge in [-0.1, -0.05) is 0 Å². The van der Waals surface area contributed by atoms with Gasteiger partial charge in [-0.2, -0.15) is 0 Å². The fourth-order valence-electron chi connectivity index (χ4n) is 3.10. The Balaban J connectivity index is 1.58. The molecule has 120 valence electrons. The van der Waals surface area contributed by atoms with E-state index in [-0.39, 0.29) is 16.6 Å². The van der Waals surface area contributed by atoms with Crippen LogP contribution in [0.25, 0.3) is 0 Å². The number of hydrogen-bond acceptors (Lipinski definition) is 4. The van der Waals surface area contributed by atoms with Gasteiger partial charge < -0.3 is 14.2 Å². The number of aryl methyl sites for hydroxylation is 1. The first-order valence-electron chi connectivity index (χ1n) is 7.79. The topological polar surface area (TPSA) is 53.8 Å². The fourth-order valence-corrected chi connectivity index (χ4v) is 4.38. The highest BCUT2D eigenvalue weighted by Gasteiger charge is 2.41. The summed E-state index contributed by atoms with van der Waals surface area (Å²) < 4.78 is 5.14. The van der Waals surface area contributed by atoms with Crippen molar-refractivity contribution in [3.63, 3.8) is 0 Å². The third-order valence-corrected chi connectivity index (χ3v) is 5.99. The van der Waals surface area contributed by atoms with E-state index >= 15 is 0 Å². The van der Waals surface area contributed by atoms with Crippen LogP contribution in [0.4, 0.5) is 0 Å². The highest BCUT2D eigenvalue weighted by atomic mass is 32.2. The third kappa shape index (κ3) is 2.89. The minimum absolute atomic E-state index is 0.0818. The average Bonchev–Trinajstić information content (AvgIpc) is 3.15. The van der Waals surface area contributed by atoms with Crippen molar-refractivity contribution in [3.8, 4) is 0 Å². The lowest BCUT2D eigenvalue weighted by atomic mass is 10.0. The molecule has 0 aromatic carbocycles. The van der Waals surface area contributed by atoms with Crippen molar-refractivity contribution in [3.05, 3.63) is 23.7 Å². The van der Waals surface area contributed by atoms with E-state index in [2.05, 4.69) is 6.92 Å². The molecule has 0 spiro atoms. The molecular formula is C16H22N2O3S. The maximum absolute atomic E-state index is 12.7.